The van der Waals surface area contributed by atoms with Crippen LogP contribution >= 0.6 is 0 Å². The number of carbonyl (C=O) groups excluding carboxylic acids is 1. The summed E-state index contributed by atoms with van der Waals surface area (Å²) in [7, 11) is 1.17. The van der Waals surface area contributed by atoms with Crippen molar-refractivity contribution in [2.45, 2.75) is 58.2 Å². The molecular formula is C18H26F3NO3. The topological polar surface area (TPSA) is 47.6 Å². The van der Waals surface area contributed by atoms with Crippen molar-refractivity contribution in [2.75, 3.05) is 19.0 Å². The van der Waals surface area contributed by atoms with Crippen molar-refractivity contribution in [2.24, 2.45) is 0 Å². The first-order chi connectivity index (χ1) is 11.7. The second-order valence-corrected chi connectivity index (χ2v) is 5.99. The largest absolute Gasteiger partial charge is 0.496 e. The molecule has 0 unspecified atom stereocenters. The number of anilines is 1. The molecule has 0 aliphatic rings. The minimum absolute atomic E-state index is 0.0551. The van der Waals surface area contributed by atoms with E-state index in [9.17, 15) is 18.0 Å². The van der Waals surface area contributed by atoms with E-state index in [1.807, 2.05) is 6.92 Å². The highest BCUT2D eigenvalue weighted by Crippen LogP contribution is 2.38. The normalized spacial score (nSPS) is 14.0. The number of nitrogens with one attached hydrogen (secondary N) is 1. The lowest BCUT2D eigenvalue weighted by atomic mass is 9.96. The third-order valence-electron chi connectivity index (χ3n) is 3.96. The lowest BCUT2D eigenvalue weighted by Gasteiger charge is -2.28. The Morgan fingerprint density at radius 2 is 1.88 bits per heavy atom. The van der Waals surface area contributed by atoms with Crippen LogP contribution in [0.1, 0.15) is 52.0 Å². The summed E-state index contributed by atoms with van der Waals surface area (Å²) in [6, 6.07) is 3.44. The van der Waals surface area contributed by atoms with Gasteiger partial charge in [0, 0.05) is 12.3 Å². The molecular weight excluding hydrogens is 335 g/mol. The van der Waals surface area contributed by atoms with Gasteiger partial charge in [-0.1, -0.05) is 26.2 Å². The van der Waals surface area contributed by atoms with Gasteiger partial charge >= 0.3 is 6.18 Å². The van der Waals surface area contributed by atoms with Crippen LogP contribution in [0.3, 0.4) is 0 Å². The molecule has 142 valence electrons. The molecule has 0 aromatic heterocycles. The fourth-order valence-corrected chi connectivity index (χ4v) is 2.55. The summed E-state index contributed by atoms with van der Waals surface area (Å²) < 4.78 is 49.6. The number of amides is 1. The Hall–Kier alpha value is -1.76. The van der Waals surface area contributed by atoms with Crippen molar-refractivity contribution in [3.8, 4) is 5.75 Å². The van der Waals surface area contributed by atoms with Gasteiger partial charge in [0.05, 0.1) is 12.7 Å². The molecule has 1 aromatic carbocycles. The van der Waals surface area contributed by atoms with Gasteiger partial charge in [-0.25, -0.2) is 0 Å². The SMILES string of the molecule is CCCCC[C@](C)(OCC)C(=O)Nc1ccc(OC)c(C(F)(F)F)c1. The van der Waals surface area contributed by atoms with E-state index in [0.717, 1.165) is 25.3 Å². The molecule has 0 heterocycles. The molecule has 0 radical (unpaired) electrons. The summed E-state index contributed by atoms with van der Waals surface area (Å²) in [6.45, 7) is 5.83. The van der Waals surface area contributed by atoms with Gasteiger partial charge in [-0.05, 0) is 38.5 Å². The second kappa shape index (κ2) is 9.08. The molecule has 0 saturated carbocycles. The van der Waals surface area contributed by atoms with E-state index in [1.165, 1.54) is 19.2 Å². The van der Waals surface area contributed by atoms with Gasteiger partial charge in [0.2, 0.25) is 0 Å². The number of rotatable bonds is 9. The highest BCUT2D eigenvalue weighted by Gasteiger charge is 2.36. The molecule has 4 nitrogen and oxygen atoms in total. The predicted molar refractivity (Wildman–Crippen MR) is 90.8 cm³/mol. The molecule has 7 heteroatoms. The number of hydrogen-bond donors (Lipinski definition) is 1. The first kappa shape index (κ1) is 21.3. The van der Waals surface area contributed by atoms with Crippen molar-refractivity contribution in [1.82, 2.24) is 0 Å². The van der Waals surface area contributed by atoms with E-state index in [4.69, 9.17) is 9.47 Å². The maximum Gasteiger partial charge on any atom is 0.420 e. The fraction of sp³-hybridized carbons (Fsp3) is 0.611. The third kappa shape index (κ3) is 5.92. The maximum atomic E-state index is 13.1. The standard InChI is InChI=1S/C18H26F3NO3/c1-5-7-8-11-17(3,25-6-2)16(23)22-13-9-10-15(24-4)14(12-13)18(19,20)21/h9-10,12H,5-8,11H2,1-4H3,(H,22,23)/t17-/m0/s1. The first-order valence-corrected chi connectivity index (χ1v) is 8.38. The van der Waals surface area contributed by atoms with Gasteiger partial charge in [-0.3, -0.25) is 4.79 Å². The number of halogens is 3. The van der Waals surface area contributed by atoms with E-state index < -0.39 is 23.2 Å². The Labute approximate surface area is 146 Å². The molecule has 0 bridgehead atoms. The minimum atomic E-state index is -4.57. The van der Waals surface area contributed by atoms with Crippen LogP contribution in [0.4, 0.5) is 18.9 Å². The number of unbranched alkanes of at least 4 members (excludes halogenated alkanes) is 2. The van der Waals surface area contributed by atoms with E-state index in [-0.39, 0.29) is 11.4 Å². The molecule has 1 rings (SSSR count). The summed E-state index contributed by atoms with van der Waals surface area (Å²) in [5, 5.41) is 2.54. The van der Waals surface area contributed by atoms with Crippen LogP contribution in [0.25, 0.3) is 0 Å². The summed E-state index contributed by atoms with van der Waals surface area (Å²) in [6.07, 6.45) is -1.32. The molecule has 1 amide bonds. The molecule has 1 atom stereocenters. The molecule has 1 aromatic rings. The quantitative estimate of drug-likeness (QED) is 0.628. The van der Waals surface area contributed by atoms with Crippen molar-refractivity contribution < 1.29 is 27.4 Å². The number of methoxy groups -OCH3 is 1. The van der Waals surface area contributed by atoms with Crippen molar-refractivity contribution in [3.63, 3.8) is 0 Å². The summed E-state index contributed by atoms with van der Waals surface area (Å²) in [5.41, 5.74) is -1.96. The van der Waals surface area contributed by atoms with E-state index in [1.54, 1.807) is 13.8 Å². The van der Waals surface area contributed by atoms with Crippen LogP contribution in [-0.4, -0.2) is 25.2 Å². The lowest BCUT2D eigenvalue weighted by Crippen LogP contribution is -2.42. The average Bonchev–Trinajstić information content (AvgIpc) is 2.54. The molecule has 25 heavy (non-hydrogen) atoms. The number of ether oxygens (including phenoxy) is 2. The Balaban J connectivity index is 3.00. The van der Waals surface area contributed by atoms with Crippen molar-refractivity contribution in [1.29, 1.82) is 0 Å². The van der Waals surface area contributed by atoms with Gasteiger partial charge in [0.15, 0.2) is 0 Å². The monoisotopic (exact) mass is 361 g/mol. The maximum absolute atomic E-state index is 13.1. The van der Waals surface area contributed by atoms with Gasteiger partial charge in [-0.2, -0.15) is 13.2 Å². The van der Waals surface area contributed by atoms with Gasteiger partial charge in [0.25, 0.3) is 5.91 Å². The van der Waals surface area contributed by atoms with E-state index in [2.05, 4.69) is 5.32 Å². The Morgan fingerprint density at radius 3 is 2.40 bits per heavy atom. The molecule has 0 saturated heterocycles. The zero-order valence-corrected chi connectivity index (χ0v) is 15.1. The minimum Gasteiger partial charge on any atom is -0.496 e. The summed E-state index contributed by atoms with van der Waals surface area (Å²) in [4.78, 5) is 12.6. The summed E-state index contributed by atoms with van der Waals surface area (Å²) in [5.74, 6) is -0.746. The van der Waals surface area contributed by atoms with Crippen LogP contribution in [0.5, 0.6) is 5.75 Å². The number of benzene rings is 1. The molecule has 0 aliphatic heterocycles. The average molecular weight is 361 g/mol. The smallest absolute Gasteiger partial charge is 0.420 e. The second-order valence-electron chi connectivity index (χ2n) is 5.99. The zero-order valence-electron chi connectivity index (χ0n) is 15.1. The third-order valence-corrected chi connectivity index (χ3v) is 3.96. The van der Waals surface area contributed by atoms with Crippen LogP contribution < -0.4 is 10.1 Å². The van der Waals surface area contributed by atoms with Crippen molar-refractivity contribution in [3.05, 3.63) is 23.8 Å². The van der Waals surface area contributed by atoms with Crippen LogP contribution in [-0.2, 0) is 15.7 Å². The van der Waals surface area contributed by atoms with Crippen LogP contribution in [0, 0.1) is 0 Å². The van der Waals surface area contributed by atoms with E-state index >= 15 is 0 Å². The highest BCUT2D eigenvalue weighted by molar-refractivity contribution is 5.97. The molecule has 1 N–H and O–H groups in total. The Bertz CT molecular complexity index is 575. The Kier molecular flexibility index (Phi) is 7.73. The van der Waals surface area contributed by atoms with Crippen molar-refractivity contribution >= 4 is 11.6 Å². The molecule has 0 aliphatic carbocycles. The summed E-state index contributed by atoms with van der Waals surface area (Å²) >= 11 is 0. The van der Waals surface area contributed by atoms with E-state index in [0.29, 0.717) is 13.0 Å². The van der Waals surface area contributed by atoms with Gasteiger partial charge in [-0.15, -0.1) is 0 Å². The lowest BCUT2D eigenvalue weighted by molar-refractivity contribution is -0.140. The fourth-order valence-electron chi connectivity index (χ4n) is 2.55. The highest BCUT2D eigenvalue weighted by atomic mass is 19.4. The zero-order chi connectivity index (χ0) is 19.1. The number of carbonyl (C=O) groups is 1. The Morgan fingerprint density at radius 1 is 1.20 bits per heavy atom. The van der Waals surface area contributed by atoms with Crippen LogP contribution in [0.15, 0.2) is 18.2 Å². The van der Waals surface area contributed by atoms with Crippen LogP contribution in [0.2, 0.25) is 0 Å². The molecule has 0 spiro atoms. The van der Waals surface area contributed by atoms with Gasteiger partial charge < -0.3 is 14.8 Å². The molecule has 0 fully saturated rings. The van der Waals surface area contributed by atoms with Gasteiger partial charge in [0.1, 0.15) is 11.4 Å². The first-order valence-electron chi connectivity index (χ1n) is 8.38. The number of alkyl halides is 3. The number of hydrogen-bond acceptors (Lipinski definition) is 3. The predicted octanol–water partition coefficient (Wildman–Crippen LogP) is 5.03.